The number of para-hydroxylation sites is 1. The van der Waals surface area contributed by atoms with Crippen LogP contribution in [0.4, 0.5) is 0 Å². The first kappa shape index (κ1) is 20.2. The maximum Gasteiger partial charge on any atom is 0.342 e. The SMILES string of the molecule is O=C(OCc1cc(=O)n2ccsc2n1)c1cn(-c2ccccc2)nc1-c1ccc(Cl)cc1. The number of aromatic nitrogens is 4. The Kier molecular flexibility index (Phi) is 5.30. The highest BCUT2D eigenvalue weighted by Gasteiger charge is 2.20. The number of carbonyl (C=O) groups excluding carboxylic acids is 1. The summed E-state index contributed by atoms with van der Waals surface area (Å²) in [6, 6.07) is 17.9. The summed E-state index contributed by atoms with van der Waals surface area (Å²) in [6.45, 7) is -0.126. The van der Waals surface area contributed by atoms with Crippen LogP contribution in [0.15, 0.2) is 83.2 Å². The number of hydrogen-bond acceptors (Lipinski definition) is 6. The van der Waals surface area contributed by atoms with Crippen LogP contribution in [0.2, 0.25) is 5.02 Å². The van der Waals surface area contributed by atoms with Gasteiger partial charge in [-0.3, -0.25) is 9.20 Å². The van der Waals surface area contributed by atoms with Gasteiger partial charge in [-0.15, -0.1) is 11.3 Å². The van der Waals surface area contributed by atoms with Crippen LogP contribution in [0.5, 0.6) is 0 Å². The maximum absolute atomic E-state index is 13.0. The van der Waals surface area contributed by atoms with Crippen LogP contribution in [0, 0.1) is 0 Å². The number of halogens is 1. The second kappa shape index (κ2) is 8.41. The van der Waals surface area contributed by atoms with E-state index in [2.05, 4.69) is 10.1 Å². The van der Waals surface area contributed by atoms with Gasteiger partial charge in [-0.05, 0) is 24.3 Å². The summed E-state index contributed by atoms with van der Waals surface area (Å²) in [5.74, 6) is -0.565. The molecule has 0 unspecified atom stereocenters. The molecule has 2 aromatic carbocycles. The van der Waals surface area contributed by atoms with Gasteiger partial charge in [-0.1, -0.05) is 41.9 Å². The Morgan fingerprint density at radius 3 is 2.66 bits per heavy atom. The molecule has 158 valence electrons. The molecule has 0 N–H and O–H groups in total. The Hall–Kier alpha value is -3.75. The van der Waals surface area contributed by atoms with Crippen molar-refractivity contribution in [1.29, 1.82) is 0 Å². The van der Waals surface area contributed by atoms with Gasteiger partial charge in [0.1, 0.15) is 17.9 Å². The summed E-state index contributed by atoms with van der Waals surface area (Å²) in [7, 11) is 0. The molecule has 0 saturated carbocycles. The molecule has 0 spiro atoms. The molecule has 0 aliphatic carbocycles. The van der Waals surface area contributed by atoms with E-state index in [1.54, 1.807) is 46.7 Å². The molecule has 5 aromatic rings. The Morgan fingerprint density at radius 1 is 1.09 bits per heavy atom. The lowest BCUT2D eigenvalue weighted by Gasteiger charge is -2.05. The van der Waals surface area contributed by atoms with Crippen LogP contribution in [-0.2, 0) is 11.3 Å². The van der Waals surface area contributed by atoms with Gasteiger partial charge in [0.2, 0.25) is 0 Å². The van der Waals surface area contributed by atoms with Crippen molar-refractivity contribution in [1.82, 2.24) is 19.2 Å². The molecule has 0 bridgehead atoms. The van der Waals surface area contributed by atoms with Gasteiger partial charge in [0, 0.05) is 34.4 Å². The molecule has 3 aromatic heterocycles. The monoisotopic (exact) mass is 462 g/mol. The van der Waals surface area contributed by atoms with Gasteiger partial charge >= 0.3 is 5.97 Å². The molecule has 0 aliphatic heterocycles. The van der Waals surface area contributed by atoms with Crippen LogP contribution in [0.25, 0.3) is 21.9 Å². The van der Waals surface area contributed by atoms with Crippen LogP contribution in [0.1, 0.15) is 16.1 Å². The van der Waals surface area contributed by atoms with Crippen molar-refractivity contribution in [3.05, 3.63) is 105 Å². The molecule has 32 heavy (non-hydrogen) atoms. The third kappa shape index (κ3) is 3.93. The van der Waals surface area contributed by atoms with E-state index >= 15 is 0 Å². The lowest BCUT2D eigenvalue weighted by atomic mass is 10.1. The average molecular weight is 463 g/mol. The van der Waals surface area contributed by atoms with Crippen LogP contribution in [0.3, 0.4) is 0 Å². The standard InChI is InChI=1S/C23H15ClN4O3S/c24-16-8-6-15(7-9-16)21-19(13-28(26-21)18-4-2-1-3-5-18)22(30)31-14-17-12-20(29)27-10-11-32-23(27)25-17/h1-13H,14H2. The summed E-state index contributed by atoms with van der Waals surface area (Å²) in [5, 5.41) is 6.97. The van der Waals surface area contributed by atoms with E-state index in [0.717, 1.165) is 11.3 Å². The average Bonchev–Trinajstić information content (AvgIpc) is 3.46. The highest BCUT2D eigenvalue weighted by atomic mass is 35.5. The third-order valence-electron chi connectivity index (χ3n) is 4.78. The van der Waals surface area contributed by atoms with Gasteiger partial charge < -0.3 is 4.74 Å². The van der Waals surface area contributed by atoms with E-state index in [1.807, 2.05) is 30.3 Å². The maximum atomic E-state index is 13.0. The highest BCUT2D eigenvalue weighted by Crippen LogP contribution is 2.26. The Balaban J connectivity index is 1.47. The molecule has 0 fully saturated rings. The fourth-order valence-electron chi connectivity index (χ4n) is 3.24. The van der Waals surface area contributed by atoms with E-state index in [0.29, 0.717) is 26.9 Å². The fourth-order valence-corrected chi connectivity index (χ4v) is 4.10. The molecule has 0 amide bonds. The van der Waals surface area contributed by atoms with Crippen LogP contribution < -0.4 is 5.56 Å². The van der Waals surface area contributed by atoms with Crippen molar-refractivity contribution in [2.75, 3.05) is 0 Å². The minimum atomic E-state index is -0.565. The molecular formula is C23H15ClN4O3S. The largest absolute Gasteiger partial charge is 0.455 e. The van der Waals surface area contributed by atoms with Gasteiger partial charge in [-0.25, -0.2) is 14.5 Å². The Bertz CT molecular complexity index is 1470. The molecule has 0 atom stereocenters. The van der Waals surface area contributed by atoms with Crippen molar-refractivity contribution in [3.8, 4) is 16.9 Å². The van der Waals surface area contributed by atoms with E-state index < -0.39 is 5.97 Å². The van der Waals surface area contributed by atoms with E-state index in [9.17, 15) is 9.59 Å². The molecule has 0 aliphatic rings. The van der Waals surface area contributed by atoms with Crippen LogP contribution >= 0.6 is 22.9 Å². The van der Waals surface area contributed by atoms with Gasteiger partial charge in [-0.2, -0.15) is 5.10 Å². The summed E-state index contributed by atoms with van der Waals surface area (Å²) >= 11 is 7.35. The van der Waals surface area contributed by atoms with E-state index in [1.165, 1.54) is 21.8 Å². The Morgan fingerprint density at radius 2 is 1.88 bits per heavy atom. The zero-order chi connectivity index (χ0) is 22.1. The Labute approximate surface area is 191 Å². The number of ether oxygens (including phenoxy) is 1. The van der Waals surface area contributed by atoms with Gasteiger partial charge in [0.05, 0.1) is 11.4 Å². The third-order valence-corrected chi connectivity index (χ3v) is 5.79. The van der Waals surface area contributed by atoms with Crippen molar-refractivity contribution in [3.63, 3.8) is 0 Å². The molecule has 0 saturated heterocycles. The summed E-state index contributed by atoms with van der Waals surface area (Å²) in [6.07, 6.45) is 3.29. The van der Waals surface area contributed by atoms with Crippen molar-refractivity contribution in [2.45, 2.75) is 6.61 Å². The number of thiazole rings is 1. The fraction of sp³-hybridized carbons (Fsp3) is 0.0435. The number of benzene rings is 2. The molecule has 5 rings (SSSR count). The van der Waals surface area contributed by atoms with Crippen LogP contribution in [-0.4, -0.2) is 25.1 Å². The quantitative estimate of drug-likeness (QED) is 0.356. The van der Waals surface area contributed by atoms with E-state index in [4.69, 9.17) is 16.3 Å². The van der Waals surface area contributed by atoms with E-state index in [-0.39, 0.29) is 12.2 Å². The number of hydrogen-bond donors (Lipinski definition) is 0. The summed E-state index contributed by atoms with van der Waals surface area (Å²) in [5.41, 5.74) is 2.46. The number of carbonyl (C=O) groups is 1. The zero-order valence-corrected chi connectivity index (χ0v) is 18.1. The zero-order valence-electron chi connectivity index (χ0n) is 16.5. The molecule has 0 radical (unpaired) electrons. The molecule has 3 heterocycles. The molecule has 9 heteroatoms. The second-order valence-corrected chi connectivity index (χ2v) is 8.21. The highest BCUT2D eigenvalue weighted by molar-refractivity contribution is 7.15. The normalized spacial score (nSPS) is 11.0. The summed E-state index contributed by atoms with van der Waals surface area (Å²) < 4.78 is 8.58. The van der Waals surface area contributed by atoms with Crippen molar-refractivity contribution < 1.29 is 9.53 Å². The predicted molar refractivity (Wildman–Crippen MR) is 122 cm³/mol. The first-order chi connectivity index (χ1) is 15.6. The number of rotatable bonds is 5. The smallest absolute Gasteiger partial charge is 0.342 e. The van der Waals surface area contributed by atoms with Crippen molar-refractivity contribution >= 4 is 33.9 Å². The van der Waals surface area contributed by atoms with Gasteiger partial charge in [0.25, 0.3) is 5.56 Å². The molecule has 7 nitrogen and oxygen atoms in total. The lowest BCUT2D eigenvalue weighted by molar-refractivity contribution is 0.0468. The number of fused-ring (bicyclic) bond motifs is 1. The first-order valence-corrected chi connectivity index (χ1v) is 10.9. The second-order valence-electron chi connectivity index (χ2n) is 6.90. The van der Waals surface area contributed by atoms with Crippen molar-refractivity contribution in [2.24, 2.45) is 0 Å². The topological polar surface area (TPSA) is 78.5 Å². The molecular weight excluding hydrogens is 448 g/mol. The lowest BCUT2D eigenvalue weighted by Crippen LogP contribution is -2.14. The summed E-state index contributed by atoms with van der Waals surface area (Å²) in [4.78, 5) is 30.1. The number of esters is 1. The number of nitrogens with zero attached hydrogens (tertiary/aromatic N) is 4. The first-order valence-electron chi connectivity index (χ1n) is 9.62. The minimum Gasteiger partial charge on any atom is -0.455 e. The minimum absolute atomic E-state index is 0.126. The van der Waals surface area contributed by atoms with Gasteiger partial charge in [0.15, 0.2) is 4.96 Å². The predicted octanol–water partition coefficient (Wildman–Crippen LogP) is 4.62.